The summed E-state index contributed by atoms with van der Waals surface area (Å²) in [4.78, 5) is 106. The first kappa shape index (κ1) is 87.5. The van der Waals surface area contributed by atoms with Gasteiger partial charge < -0.3 is 18.9 Å². The highest BCUT2D eigenvalue weighted by Crippen LogP contribution is 2.49. The first-order chi connectivity index (χ1) is 54.2. The van der Waals surface area contributed by atoms with Crippen LogP contribution in [-0.4, -0.2) is 136 Å². The van der Waals surface area contributed by atoms with E-state index in [1.54, 1.807) is 97.9 Å². The Morgan fingerprint density at radius 1 is 0.360 bits per heavy atom. The number of nitriles is 3. The van der Waals surface area contributed by atoms with E-state index in [9.17, 15) is 47.2 Å². The number of hydrogen-bond acceptors (Lipinski definition) is 19. The van der Waals surface area contributed by atoms with Crippen molar-refractivity contribution in [2.24, 2.45) is 16.2 Å². The zero-order valence-electron chi connectivity index (χ0n) is 66.5. The number of benzene rings is 6. The molecule has 0 aromatic heterocycles. The van der Waals surface area contributed by atoms with E-state index in [0.29, 0.717) is 103 Å². The Morgan fingerprint density at radius 2 is 0.640 bits per heavy atom. The maximum atomic E-state index is 13.8. The summed E-state index contributed by atoms with van der Waals surface area (Å²) in [5.41, 5.74) is 0.636. The van der Waals surface area contributed by atoms with E-state index in [4.69, 9.17) is 58.5 Å². The SMILES string of the molecule is CC(C)(C#N)C(=O)N1OCC[C@H]1c1ccccc1.CC(C)(C)OC(=O)N1OCCC1c1ccc(F)cc1.CC(C)(C)OC(=O)N1OCCC1c1ccccc1F.CC(C)(C)OC(=O)N1OCC[C@H]1c1ccccc1.N#CC1(C(=O)N2OCC[C@H]2c2ccc(F)cc2)CCOCC1.N#CC1(C(=O)N2OCC[C@H]2c2ccccc2)CC1. The Morgan fingerprint density at radius 3 is 0.965 bits per heavy atom. The van der Waals surface area contributed by atoms with Gasteiger partial charge in [0.2, 0.25) is 0 Å². The Balaban J connectivity index is 0.000000157. The van der Waals surface area contributed by atoms with Gasteiger partial charge in [-0.2, -0.15) is 31.0 Å². The summed E-state index contributed by atoms with van der Waals surface area (Å²) in [7, 11) is 0. The monoisotopic (exact) mass is 1570 g/mol. The van der Waals surface area contributed by atoms with Gasteiger partial charge in [-0.1, -0.05) is 133 Å². The standard InChI is InChI=1S/C16H17FN2O3.2C14H18FNO3.C14H14N2O2.C14H16N2O2.C14H19NO3/c17-13-3-1-12(2-4-13)14-5-8-22-19(14)15(20)16(11-18)6-9-21-10-7-16;1-14(2,3)19-13(17)16-12(8-9-18-16)10-4-6-11(15)7-5-10;1-14(2,3)19-13(17)16-12(8-9-18-16)10-6-4-5-7-11(10)15;15-10-14(7-8-14)13(17)16-12(6-9-18-16)11-4-2-1-3-5-11;1-14(2,10-15)13(17)16-12(8-9-18-16)11-6-4-3-5-7-11;1-14(2,3)18-13(16)15-12(9-10-17-15)11-7-5-4-6-8-11/h1-4,14H,5-10H2;2*4-7,12H,8-9H2,1-3H3;1-5,12H,6-9H2;3-7,12H,8-9H2,1-2H3;4-8,12H,9-10H2,1-3H3/t14-;;;3*12-/m0..000/s1. The molecule has 0 bridgehead atoms. The van der Waals surface area contributed by atoms with E-state index in [1.165, 1.54) is 55.6 Å². The quantitative estimate of drug-likeness (QED) is 0.122. The average Bonchev–Trinajstić information content (AvgIpc) is 1.58. The van der Waals surface area contributed by atoms with Crippen molar-refractivity contribution in [2.45, 2.75) is 193 Å². The number of ether oxygens (including phenoxy) is 4. The molecule has 7 aliphatic heterocycles. The van der Waals surface area contributed by atoms with Gasteiger partial charge in [-0.05, 0) is 160 Å². The molecule has 7 saturated heterocycles. The van der Waals surface area contributed by atoms with Crippen LogP contribution in [0.2, 0.25) is 0 Å². The van der Waals surface area contributed by atoms with Crippen LogP contribution < -0.4 is 0 Å². The number of amides is 6. The lowest BCUT2D eigenvalue weighted by molar-refractivity contribution is -0.189. The molecule has 8 fully saturated rings. The summed E-state index contributed by atoms with van der Waals surface area (Å²) in [6.07, 6.45) is 4.74. The van der Waals surface area contributed by atoms with Gasteiger partial charge in [0.25, 0.3) is 17.7 Å². The third-order valence-corrected chi connectivity index (χ3v) is 19.2. The Labute approximate surface area is 664 Å². The summed E-state index contributed by atoms with van der Waals surface area (Å²) < 4.78 is 60.9. The van der Waals surface area contributed by atoms with Gasteiger partial charge in [0, 0.05) is 57.3 Å². The van der Waals surface area contributed by atoms with E-state index in [2.05, 4.69) is 12.1 Å². The van der Waals surface area contributed by atoms with Gasteiger partial charge in [0.05, 0.1) is 94.1 Å². The van der Waals surface area contributed by atoms with Gasteiger partial charge in [-0.3, -0.25) is 43.4 Å². The predicted molar refractivity (Wildman–Crippen MR) is 408 cm³/mol. The van der Waals surface area contributed by atoms with Gasteiger partial charge in [-0.25, -0.2) is 42.7 Å². The molecular formula is C86H102F3N9O16. The van der Waals surface area contributed by atoms with Crippen molar-refractivity contribution < 1.29 is 89.9 Å². The van der Waals surface area contributed by atoms with E-state index in [-0.39, 0.29) is 65.4 Å². The molecule has 0 N–H and O–H groups in total. The third kappa shape index (κ3) is 23.4. The van der Waals surface area contributed by atoms with Crippen molar-refractivity contribution in [3.8, 4) is 18.2 Å². The lowest BCUT2D eigenvalue weighted by atomic mass is 9.80. The molecule has 0 radical (unpaired) electrons. The van der Waals surface area contributed by atoms with E-state index in [1.807, 2.05) is 118 Å². The minimum atomic E-state index is -1.08. The zero-order chi connectivity index (χ0) is 82.6. The van der Waals surface area contributed by atoms with Crippen LogP contribution in [0.25, 0.3) is 0 Å². The maximum absolute atomic E-state index is 13.8. The molecule has 0 spiro atoms. The molecule has 1 aliphatic carbocycles. The molecule has 6 aromatic rings. The number of rotatable bonds is 9. The fourth-order valence-corrected chi connectivity index (χ4v) is 13.2. The topological polar surface area (TPSA) is 286 Å². The lowest BCUT2D eigenvalue weighted by Gasteiger charge is -2.34. The Bertz CT molecular complexity index is 4250. The average molecular weight is 1570 g/mol. The molecule has 7 heterocycles. The number of hydrogen-bond donors (Lipinski definition) is 0. The van der Waals surface area contributed by atoms with Gasteiger partial charge >= 0.3 is 18.3 Å². The number of hydroxylamine groups is 12. The molecule has 6 aromatic carbocycles. The molecule has 1 saturated carbocycles. The smallest absolute Gasteiger partial charge is 0.435 e. The van der Waals surface area contributed by atoms with Crippen LogP contribution in [0.5, 0.6) is 0 Å². The highest BCUT2D eigenvalue weighted by molar-refractivity contribution is 5.88. The molecule has 2 unspecified atom stereocenters. The zero-order valence-corrected chi connectivity index (χ0v) is 66.5. The fraction of sp³-hybridized carbons (Fsp3) is 0.477. The molecule has 8 aliphatic rings. The molecule has 6 amide bonds. The minimum absolute atomic E-state index is 0.0514. The summed E-state index contributed by atoms with van der Waals surface area (Å²) in [5.74, 6) is -1.73. The number of carbonyl (C=O) groups excluding carboxylic acids is 6. The first-order valence-electron chi connectivity index (χ1n) is 38.3. The molecule has 28 heteroatoms. The van der Waals surface area contributed by atoms with Crippen LogP contribution in [0.3, 0.4) is 0 Å². The summed E-state index contributed by atoms with van der Waals surface area (Å²) in [6, 6.07) is 53.1. The second-order valence-corrected chi connectivity index (χ2v) is 31.7. The Kier molecular flexibility index (Phi) is 30.0. The van der Waals surface area contributed by atoms with Crippen molar-refractivity contribution >= 4 is 36.0 Å². The van der Waals surface area contributed by atoms with Gasteiger partial charge in [0.1, 0.15) is 50.5 Å². The van der Waals surface area contributed by atoms with Crippen molar-refractivity contribution in [3.63, 3.8) is 0 Å². The highest BCUT2D eigenvalue weighted by atomic mass is 19.1. The normalized spacial score (nSPS) is 21.3. The first-order valence-corrected chi connectivity index (χ1v) is 38.3. The van der Waals surface area contributed by atoms with Crippen LogP contribution >= 0.6 is 0 Å². The number of carbonyl (C=O) groups is 6. The summed E-state index contributed by atoms with van der Waals surface area (Å²) >= 11 is 0. The van der Waals surface area contributed by atoms with E-state index < -0.39 is 57.4 Å². The molecule has 14 rings (SSSR count). The van der Waals surface area contributed by atoms with Crippen LogP contribution in [0.1, 0.15) is 210 Å². The van der Waals surface area contributed by atoms with Crippen LogP contribution in [0.15, 0.2) is 164 Å². The molecular weight excluding hydrogens is 1470 g/mol. The highest BCUT2D eigenvalue weighted by Gasteiger charge is 2.55. The molecule has 608 valence electrons. The van der Waals surface area contributed by atoms with Crippen LogP contribution in [0, 0.1) is 67.7 Å². The minimum Gasteiger partial charge on any atom is -0.442 e. The number of halogens is 3. The largest absolute Gasteiger partial charge is 0.442 e. The Hall–Kier alpha value is -10.5. The summed E-state index contributed by atoms with van der Waals surface area (Å²) in [6.45, 7) is 23.1. The van der Waals surface area contributed by atoms with Crippen LogP contribution in [-0.2, 0) is 62.4 Å². The molecule has 114 heavy (non-hydrogen) atoms. The molecule has 6 atom stereocenters. The van der Waals surface area contributed by atoms with Crippen molar-refractivity contribution in [3.05, 3.63) is 215 Å². The fourth-order valence-electron chi connectivity index (χ4n) is 13.2. The van der Waals surface area contributed by atoms with Crippen molar-refractivity contribution in [1.29, 1.82) is 15.8 Å². The maximum Gasteiger partial charge on any atom is 0.435 e. The third-order valence-electron chi connectivity index (χ3n) is 19.2. The van der Waals surface area contributed by atoms with Crippen molar-refractivity contribution in [2.75, 3.05) is 52.9 Å². The van der Waals surface area contributed by atoms with Gasteiger partial charge in [-0.15, -0.1) is 0 Å². The summed E-state index contributed by atoms with van der Waals surface area (Å²) in [5, 5.41) is 35.4. The second-order valence-electron chi connectivity index (χ2n) is 31.7. The second kappa shape index (κ2) is 39.0. The van der Waals surface area contributed by atoms with E-state index >= 15 is 0 Å². The lowest BCUT2D eigenvalue weighted by Crippen LogP contribution is -2.45. The van der Waals surface area contributed by atoms with E-state index in [0.717, 1.165) is 52.1 Å². The van der Waals surface area contributed by atoms with Crippen LogP contribution in [0.4, 0.5) is 27.6 Å². The van der Waals surface area contributed by atoms with Gasteiger partial charge in [0.15, 0.2) is 0 Å². The predicted octanol–water partition coefficient (Wildman–Crippen LogP) is 17.2. The number of nitrogens with zero attached hydrogens (tertiary/aromatic N) is 9. The molecule has 25 nitrogen and oxygen atoms in total. The van der Waals surface area contributed by atoms with Crippen molar-refractivity contribution in [1.82, 2.24) is 30.4 Å².